The van der Waals surface area contributed by atoms with Crippen LogP contribution in [0.15, 0.2) is 29.2 Å². The first-order valence-electron chi connectivity index (χ1n) is 3.34. The fraction of sp³-hybridized carbons (Fsp3) is 0.125. The Kier molecular flexibility index (Phi) is 2.99. The minimum Gasteiger partial charge on any atom is -0.409 e. The Morgan fingerprint density at radius 3 is 2.75 bits per heavy atom. The van der Waals surface area contributed by atoms with Crippen LogP contribution in [0.25, 0.3) is 0 Å². The third-order valence-corrected chi connectivity index (χ3v) is 2.06. The standard InChI is InChI=1S/C8H9NO2S/c1-12-7-5-3-2-4-6(7)11-8(9)10/h2-5H,1H3,(H2,9,10). The van der Waals surface area contributed by atoms with E-state index in [1.165, 1.54) is 11.8 Å². The van der Waals surface area contributed by atoms with Crippen LogP contribution in [0, 0.1) is 0 Å². The molecule has 0 fully saturated rings. The Morgan fingerprint density at radius 1 is 1.50 bits per heavy atom. The lowest BCUT2D eigenvalue weighted by Crippen LogP contribution is -2.16. The fourth-order valence-corrected chi connectivity index (χ4v) is 1.34. The van der Waals surface area contributed by atoms with Crippen molar-refractivity contribution >= 4 is 17.9 Å². The average molecular weight is 183 g/mol. The quantitative estimate of drug-likeness (QED) is 0.712. The maximum Gasteiger partial charge on any atom is 0.410 e. The molecule has 0 unspecified atom stereocenters. The highest BCUT2D eigenvalue weighted by atomic mass is 32.2. The van der Waals surface area contributed by atoms with Crippen molar-refractivity contribution < 1.29 is 9.53 Å². The molecule has 0 spiro atoms. The molecule has 0 aromatic heterocycles. The maximum atomic E-state index is 10.4. The number of carbonyl (C=O) groups excluding carboxylic acids is 1. The number of carbonyl (C=O) groups is 1. The van der Waals surface area contributed by atoms with Crippen molar-refractivity contribution in [3.63, 3.8) is 0 Å². The van der Waals surface area contributed by atoms with Crippen LogP contribution < -0.4 is 10.5 Å². The van der Waals surface area contributed by atoms with E-state index in [2.05, 4.69) is 0 Å². The number of amides is 1. The predicted molar refractivity (Wildman–Crippen MR) is 48.4 cm³/mol. The van der Waals surface area contributed by atoms with Gasteiger partial charge in [0, 0.05) is 4.90 Å². The van der Waals surface area contributed by atoms with E-state index in [0.717, 1.165) is 4.90 Å². The molecule has 3 nitrogen and oxygen atoms in total. The molecule has 1 aromatic rings. The fourth-order valence-electron chi connectivity index (χ4n) is 0.811. The van der Waals surface area contributed by atoms with Crippen molar-refractivity contribution in [3.05, 3.63) is 24.3 Å². The second-order valence-electron chi connectivity index (χ2n) is 2.07. The van der Waals surface area contributed by atoms with E-state index in [0.29, 0.717) is 5.75 Å². The number of thioether (sulfide) groups is 1. The van der Waals surface area contributed by atoms with Gasteiger partial charge < -0.3 is 10.5 Å². The van der Waals surface area contributed by atoms with Crippen LogP contribution >= 0.6 is 11.8 Å². The third kappa shape index (κ3) is 2.17. The van der Waals surface area contributed by atoms with Crippen LogP contribution in [0.3, 0.4) is 0 Å². The number of benzene rings is 1. The molecule has 0 atom stereocenters. The summed E-state index contributed by atoms with van der Waals surface area (Å²) in [7, 11) is 0. The van der Waals surface area contributed by atoms with Crippen molar-refractivity contribution in [3.8, 4) is 5.75 Å². The van der Waals surface area contributed by atoms with Crippen LogP contribution in [-0.2, 0) is 0 Å². The molecule has 0 saturated carbocycles. The molecule has 0 saturated heterocycles. The minimum absolute atomic E-state index is 0.512. The molecule has 0 bridgehead atoms. The Morgan fingerprint density at radius 2 is 2.17 bits per heavy atom. The lowest BCUT2D eigenvalue weighted by Gasteiger charge is -2.04. The average Bonchev–Trinajstić information content (AvgIpc) is 2.04. The first kappa shape index (κ1) is 8.93. The van der Waals surface area contributed by atoms with Gasteiger partial charge in [0.2, 0.25) is 0 Å². The second kappa shape index (κ2) is 4.01. The van der Waals surface area contributed by atoms with E-state index in [1.807, 2.05) is 18.4 Å². The Balaban J connectivity index is 2.89. The summed E-state index contributed by atoms with van der Waals surface area (Å²) in [5, 5.41) is 0. The van der Waals surface area contributed by atoms with Gasteiger partial charge in [-0.3, -0.25) is 0 Å². The monoisotopic (exact) mass is 183 g/mol. The third-order valence-electron chi connectivity index (χ3n) is 1.28. The van der Waals surface area contributed by atoms with Gasteiger partial charge in [-0.25, -0.2) is 4.79 Å². The largest absolute Gasteiger partial charge is 0.410 e. The van der Waals surface area contributed by atoms with Crippen LogP contribution in [0.1, 0.15) is 0 Å². The van der Waals surface area contributed by atoms with Crippen LogP contribution in [0.2, 0.25) is 0 Å². The van der Waals surface area contributed by atoms with Gasteiger partial charge in [-0.15, -0.1) is 11.8 Å². The lowest BCUT2D eigenvalue weighted by molar-refractivity contribution is 0.210. The predicted octanol–water partition coefficient (Wildman–Crippen LogP) is 1.87. The smallest absolute Gasteiger partial charge is 0.409 e. The highest BCUT2D eigenvalue weighted by Crippen LogP contribution is 2.26. The van der Waals surface area contributed by atoms with Crippen molar-refractivity contribution in [1.29, 1.82) is 0 Å². The summed E-state index contributed by atoms with van der Waals surface area (Å²) in [5.74, 6) is 0.512. The summed E-state index contributed by atoms with van der Waals surface area (Å²) in [4.78, 5) is 11.3. The van der Waals surface area contributed by atoms with Gasteiger partial charge >= 0.3 is 6.09 Å². The summed E-state index contributed by atoms with van der Waals surface area (Å²) in [5.41, 5.74) is 4.88. The molecule has 0 aliphatic heterocycles. The molecule has 64 valence electrons. The second-order valence-corrected chi connectivity index (χ2v) is 2.92. The molecule has 1 rings (SSSR count). The van der Waals surface area contributed by atoms with E-state index < -0.39 is 6.09 Å². The summed E-state index contributed by atoms with van der Waals surface area (Å²) < 4.78 is 4.75. The summed E-state index contributed by atoms with van der Waals surface area (Å²) in [6, 6.07) is 7.23. The SMILES string of the molecule is CSc1ccccc1OC(N)=O. The van der Waals surface area contributed by atoms with Gasteiger partial charge in [0.05, 0.1) is 0 Å². The van der Waals surface area contributed by atoms with E-state index in [9.17, 15) is 4.79 Å². The summed E-state index contributed by atoms with van der Waals surface area (Å²) >= 11 is 1.50. The molecule has 0 radical (unpaired) electrons. The van der Waals surface area contributed by atoms with Crippen LogP contribution in [0.4, 0.5) is 4.79 Å². The van der Waals surface area contributed by atoms with Crippen LogP contribution in [0.5, 0.6) is 5.75 Å². The zero-order chi connectivity index (χ0) is 8.97. The molecule has 1 amide bonds. The topological polar surface area (TPSA) is 52.3 Å². The molecular weight excluding hydrogens is 174 g/mol. The summed E-state index contributed by atoms with van der Waals surface area (Å²) in [6.07, 6.45) is 1.12. The van der Waals surface area contributed by atoms with Crippen molar-refractivity contribution in [2.45, 2.75) is 4.90 Å². The molecule has 12 heavy (non-hydrogen) atoms. The van der Waals surface area contributed by atoms with E-state index >= 15 is 0 Å². The van der Waals surface area contributed by atoms with Crippen molar-refractivity contribution in [1.82, 2.24) is 0 Å². The molecule has 0 aliphatic carbocycles. The van der Waals surface area contributed by atoms with E-state index in [1.54, 1.807) is 12.1 Å². The van der Waals surface area contributed by atoms with Gasteiger partial charge in [-0.1, -0.05) is 12.1 Å². The number of para-hydroxylation sites is 1. The van der Waals surface area contributed by atoms with Crippen molar-refractivity contribution in [2.24, 2.45) is 5.73 Å². The number of ether oxygens (including phenoxy) is 1. The zero-order valence-corrected chi connectivity index (χ0v) is 7.43. The Labute approximate surface area is 74.9 Å². The zero-order valence-electron chi connectivity index (χ0n) is 6.61. The highest BCUT2D eigenvalue weighted by Gasteiger charge is 2.03. The number of rotatable bonds is 2. The van der Waals surface area contributed by atoms with Gasteiger partial charge in [-0.2, -0.15) is 0 Å². The van der Waals surface area contributed by atoms with E-state index in [4.69, 9.17) is 10.5 Å². The van der Waals surface area contributed by atoms with Crippen molar-refractivity contribution in [2.75, 3.05) is 6.26 Å². The number of nitrogens with two attached hydrogens (primary N) is 1. The molecule has 0 aliphatic rings. The molecule has 2 N–H and O–H groups in total. The minimum atomic E-state index is -0.781. The normalized spacial score (nSPS) is 9.42. The van der Waals surface area contributed by atoms with Gasteiger partial charge in [0.1, 0.15) is 5.75 Å². The highest BCUT2D eigenvalue weighted by molar-refractivity contribution is 7.98. The lowest BCUT2D eigenvalue weighted by atomic mass is 10.3. The first-order chi connectivity index (χ1) is 5.74. The molecule has 4 heteroatoms. The molecule has 0 heterocycles. The Hall–Kier alpha value is -1.16. The first-order valence-corrected chi connectivity index (χ1v) is 4.57. The Bertz CT molecular complexity index is 288. The number of hydrogen-bond acceptors (Lipinski definition) is 3. The van der Waals surface area contributed by atoms with Gasteiger partial charge in [-0.05, 0) is 18.4 Å². The van der Waals surface area contributed by atoms with Gasteiger partial charge in [0.15, 0.2) is 0 Å². The molecular formula is C8H9NO2S. The maximum absolute atomic E-state index is 10.4. The summed E-state index contributed by atoms with van der Waals surface area (Å²) in [6.45, 7) is 0. The number of primary amides is 1. The number of hydrogen-bond donors (Lipinski definition) is 1. The van der Waals surface area contributed by atoms with Crippen LogP contribution in [-0.4, -0.2) is 12.3 Å². The van der Waals surface area contributed by atoms with Gasteiger partial charge in [0.25, 0.3) is 0 Å². The molecule has 1 aromatic carbocycles. The van der Waals surface area contributed by atoms with E-state index in [-0.39, 0.29) is 0 Å².